The fourth-order valence-electron chi connectivity index (χ4n) is 4.35. The molecule has 1 aliphatic heterocycles. The minimum Gasteiger partial charge on any atom is -0.595 e. The number of hydrogen-bond donors (Lipinski definition) is 2. The first-order valence-corrected chi connectivity index (χ1v) is 14.1. The zero-order valence-electron chi connectivity index (χ0n) is 21.3. The third-order valence-corrected chi connectivity index (χ3v) is 8.04. The van der Waals surface area contributed by atoms with E-state index in [4.69, 9.17) is 9.15 Å². The number of furan rings is 1. The number of esters is 1. The molecule has 200 valence electrons. The molecule has 0 aliphatic carbocycles. The van der Waals surface area contributed by atoms with Crippen LogP contribution in [-0.4, -0.2) is 28.6 Å². The molecule has 0 saturated carbocycles. The summed E-state index contributed by atoms with van der Waals surface area (Å²) >= 11 is 2.79. The molecule has 11 heteroatoms. The van der Waals surface area contributed by atoms with Gasteiger partial charge in [-0.05, 0) is 49.9 Å². The van der Waals surface area contributed by atoms with Crippen LogP contribution in [0.1, 0.15) is 29.9 Å². The van der Waals surface area contributed by atoms with Gasteiger partial charge in [0.05, 0.1) is 22.8 Å². The lowest BCUT2D eigenvalue weighted by Crippen LogP contribution is -2.99. The summed E-state index contributed by atoms with van der Waals surface area (Å²) in [5.74, 6) is 0.384. The number of aryl methyl sites for hydroxylation is 1. The molecule has 2 unspecified atom stereocenters. The average Bonchev–Trinajstić information content (AvgIpc) is 3.53. The van der Waals surface area contributed by atoms with Crippen LogP contribution in [0.5, 0.6) is 0 Å². The molecule has 5 rings (SSSR count). The number of carbonyl (C=O) groups excluding carboxylic acids is 1. The number of rotatable bonds is 7. The number of aromatic nitrogens is 1. The van der Waals surface area contributed by atoms with Crippen LogP contribution in [0.15, 0.2) is 85.5 Å². The Morgan fingerprint density at radius 1 is 1.26 bits per heavy atom. The summed E-state index contributed by atoms with van der Waals surface area (Å²) in [6, 6.07) is 15.5. The molecule has 2 aromatic heterocycles. The fraction of sp³-hybridized carbons (Fsp3) is 0.179. The Bertz CT molecular complexity index is 1750. The minimum absolute atomic E-state index is 0.196. The van der Waals surface area contributed by atoms with E-state index in [1.807, 2.05) is 30.5 Å². The van der Waals surface area contributed by atoms with Crippen molar-refractivity contribution < 1.29 is 24.4 Å². The number of hydrogen-bond acceptors (Lipinski definition) is 9. The highest BCUT2D eigenvalue weighted by molar-refractivity contribution is 7.98. The van der Waals surface area contributed by atoms with E-state index in [-0.39, 0.29) is 23.4 Å². The molecule has 3 heterocycles. The van der Waals surface area contributed by atoms with E-state index in [0.29, 0.717) is 32.0 Å². The summed E-state index contributed by atoms with van der Waals surface area (Å²) < 4.78 is 13.1. The van der Waals surface area contributed by atoms with Gasteiger partial charge in [0.2, 0.25) is 0 Å². The second kappa shape index (κ2) is 11.2. The van der Waals surface area contributed by atoms with Gasteiger partial charge in [-0.25, -0.2) is 15.0 Å². The third-order valence-electron chi connectivity index (χ3n) is 6.30. The Kier molecular flexibility index (Phi) is 7.69. The highest BCUT2D eigenvalue weighted by atomic mass is 32.2. The molecule has 0 spiro atoms. The van der Waals surface area contributed by atoms with Crippen LogP contribution in [0.4, 0.5) is 5.69 Å². The van der Waals surface area contributed by atoms with Crippen molar-refractivity contribution in [2.75, 3.05) is 12.9 Å². The van der Waals surface area contributed by atoms with Gasteiger partial charge >= 0.3 is 5.97 Å². The Labute approximate surface area is 231 Å². The van der Waals surface area contributed by atoms with Gasteiger partial charge in [-0.15, -0.1) is 11.8 Å². The summed E-state index contributed by atoms with van der Waals surface area (Å²) in [5, 5.41) is 20.0. The van der Waals surface area contributed by atoms with E-state index in [1.54, 1.807) is 62.0 Å². The lowest BCUT2D eigenvalue weighted by atomic mass is 9.98. The Morgan fingerprint density at radius 2 is 2.03 bits per heavy atom. The lowest BCUT2D eigenvalue weighted by Gasteiger charge is -2.22. The maximum Gasteiger partial charge on any atom is 0.338 e. The van der Waals surface area contributed by atoms with Crippen molar-refractivity contribution in [3.8, 4) is 11.3 Å². The van der Waals surface area contributed by atoms with Gasteiger partial charge in [-0.3, -0.25) is 9.36 Å². The van der Waals surface area contributed by atoms with E-state index in [0.717, 1.165) is 10.5 Å². The van der Waals surface area contributed by atoms with Crippen molar-refractivity contribution in [3.05, 3.63) is 108 Å². The van der Waals surface area contributed by atoms with Crippen LogP contribution in [0.2, 0.25) is 0 Å². The first-order chi connectivity index (χ1) is 18.8. The molecule has 39 heavy (non-hydrogen) atoms. The smallest absolute Gasteiger partial charge is 0.338 e. The van der Waals surface area contributed by atoms with Crippen LogP contribution in [0, 0.1) is 12.1 Å². The first-order valence-electron chi connectivity index (χ1n) is 12.1. The van der Waals surface area contributed by atoms with Crippen LogP contribution in [0.3, 0.4) is 0 Å². The first kappa shape index (κ1) is 26.9. The van der Waals surface area contributed by atoms with Crippen molar-refractivity contribution >= 4 is 40.8 Å². The van der Waals surface area contributed by atoms with Crippen molar-refractivity contribution in [2.45, 2.75) is 24.8 Å². The number of thiazole rings is 1. The van der Waals surface area contributed by atoms with Crippen LogP contribution in [0.25, 0.3) is 17.4 Å². The van der Waals surface area contributed by atoms with Crippen molar-refractivity contribution in [1.29, 1.82) is 0 Å². The number of nitrogens with one attached hydrogen (secondary N) is 1. The summed E-state index contributed by atoms with van der Waals surface area (Å²) in [6.07, 6.45) is 5.08. The molecule has 2 N–H and O–H groups in total. The summed E-state index contributed by atoms with van der Waals surface area (Å²) in [6.45, 7) is 3.67. The van der Waals surface area contributed by atoms with E-state index in [9.17, 15) is 20.0 Å². The van der Waals surface area contributed by atoms with Gasteiger partial charge in [-0.1, -0.05) is 35.6 Å². The topological polar surface area (TPSA) is 122 Å². The molecule has 9 nitrogen and oxygen atoms in total. The van der Waals surface area contributed by atoms with Gasteiger partial charge in [0.1, 0.15) is 11.5 Å². The summed E-state index contributed by atoms with van der Waals surface area (Å²) in [5.41, 5.74) is 2.20. The van der Waals surface area contributed by atoms with Gasteiger partial charge < -0.3 is 14.4 Å². The number of benzene rings is 2. The standard InChI is InChI=1S/C28H25N3O6S2/c1-4-36-27(33)21-15-29-28-30(25(21)17-7-10-20(38-3)11-8-17)26(32)24(39-28)14-19-9-12-23(37-19)18-6-5-16(2)22(13-18)31(34)35/h5-15,25,31,34H,4H2,1-3H3/b24-14-. The predicted molar refractivity (Wildman–Crippen MR) is 149 cm³/mol. The molecule has 0 amide bonds. The highest BCUT2D eigenvalue weighted by Gasteiger charge is 2.31. The number of thioether (sulfide) groups is 1. The number of quaternary nitrogens is 1. The van der Waals surface area contributed by atoms with E-state index in [1.165, 1.54) is 22.1 Å². The summed E-state index contributed by atoms with van der Waals surface area (Å²) in [4.78, 5) is 32.4. The molecule has 2 aromatic carbocycles. The molecular weight excluding hydrogens is 538 g/mol. The SMILES string of the molecule is CCOC(=O)C1=CN=c2s/c(=C\c3ccc(-c4ccc(C)c([NH+]([O-])O)c4)o3)c(=O)n2C1c1ccc(SC)cc1. The number of nitrogens with zero attached hydrogens (tertiary/aromatic N) is 2. The molecule has 0 saturated heterocycles. The van der Waals surface area contributed by atoms with Gasteiger partial charge in [-0.2, -0.15) is 5.23 Å². The Hall–Kier alpha value is -3.74. The van der Waals surface area contributed by atoms with E-state index < -0.39 is 17.2 Å². The second-order valence-corrected chi connectivity index (χ2v) is 10.6. The van der Waals surface area contributed by atoms with E-state index in [2.05, 4.69) is 4.99 Å². The van der Waals surface area contributed by atoms with Crippen LogP contribution in [-0.2, 0) is 9.53 Å². The van der Waals surface area contributed by atoms with Crippen molar-refractivity contribution in [1.82, 2.24) is 4.57 Å². The average molecular weight is 564 g/mol. The normalized spacial score (nSPS) is 15.9. The van der Waals surface area contributed by atoms with Gasteiger partial charge in [0.25, 0.3) is 5.56 Å². The molecule has 4 aromatic rings. The molecule has 0 bridgehead atoms. The Morgan fingerprint density at radius 3 is 2.72 bits per heavy atom. The number of carbonyl (C=O) groups is 1. The lowest BCUT2D eigenvalue weighted by molar-refractivity contribution is -0.991. The Balaban J connectivity index is 1.57. The highest BCUT2D eigenvalue weighted by Crippen LogP contribution is 2.29. The zero-order chi connectivity index (χ0) is 27.7. The monoisotopic (exact) mass is 563 g/mol. The predicted octanol–water partition coefficient (Wildman–Crippen LogP) is 3.10. The molecular formula is C28H25N3O6S2. The maximum atomic E-state index is 13.7. The fourth-order valence-corrected chi connectivity index (χ4v) is 5.71. The van der Waals surface area contributed by atoms with E-state index >= 15 is 0 Å². The maximum absolute atomic E-state index is 13.7. The second-order valence-electron chi connectivity index (χ2n) is 8.71. The summed E-state index contributed by atoms with van der Waals surface area (Å²) in [7, 11) is 0. The minimum atomic E-state index is -1.01. The molecule has 1 aliphatic rings. The van der Waals surface area contributed by atoms with Crippen LogP contribution >= 0.6 is 23.1 Å². The number of ether oxygens (including phenoxy) is 1. The molecule has 0 radical (unpaired) electrons. The van der Waals surface area contributed by atoms with Crippen molar-refractivity contribution in [3.63, 3.8) is 0 Å². The molecule has 2 atom stereocenters. The van der Waals surface area contributed by atoms with Gasteiger partial charge in [0.15, 0.2) is 10.5 Å². The molecule has 0 fully saturated rings. The van der Waals surface area contributed by atoms with Crippen molar-refractivity contribution in [2.24, 2.45) is 4.99 Å². The van der Waals surface area contributed by atoms with Gasteiger partial charge in [0, 0.05) is 34.4 Å². The zero-order valence-corrected chi connectivity index (χ0v) is 23.0. The van der Waals surface area contributed by atoms with Crippen LogP contribution < -0.4 is 20.1 Å². The largest absolute Gasteiger partial charge is 0.595 e. The number of fused-ring (bicyclic) bond motifs is 1. The quantitative estimate of drug-likeness (QED) is 0.201. The third kappa shape index (κ3) is 5.27.